The van der Waals surface area contributed by atoms with E-state index in [0.29, 0.717) is 17.1 Å². The molecule has 48 heteroatoms. The van der Waals surface area contributed by atoms with E-state index in [0.717, 1.165) is 14.2 Å². The first-order chi connectivity index (χ1) is 46.4. The molecule has 35 nitrogen and oxygen atoms in total. The summed E-state index contributed by atoms with van der Waals surface area (Å²) < 4.78 is 240. The summed E-state index contributed by atoms with van der Waals surface area (Å²) in [5, 5.41) is 46.3. The zero-order valence-electron chi connectivity index (χ0n) is 58.8. The van der Waals surface area contributed by atoms with E-state index < -0.39 is 158 Å². The molecule has 5 aromatic rings. The maximum atomic E-state index is 14.7. The van der Waals surface area contributed by atoms with Crippen LogP contribution in [0.25, 0.3) is 0 Å². The second-order valence-electron chi connectivity index (χ2n) is 26.3. The Morgan fingerprint density at radius 3 is 1.13 bits per heavy atom. The van der Waals surface area contributed by atoms with Crippen LogP contribution in [0.2, 0.25) is 0 Å². The van der Waals surface area contributed by atoms with Gasteiger partial charge in [-0.1, -0.05) is 25.8 Å². The lowest BCUT2D eigenvalue weighted by molar-refractivity contribution is -0.0566. The molecule has 5 aliphatic heterocycles. The summed E-state index contributed by atoms with van der Waals surface area (Å²) in [7, 11) is -13.1. The highest BCUT2D eigenvalue weighted by Crippen LogP contribution is 2.40. The van der Waals surface area contributed by atoms with Crippen molar-refractivity contribution in [3.05, 3.63) is 56.7 Å². The molecule has 10 heterocycles. The van der Waals surface area contributed by atoms with Crippen molar-refractivity contribution in [2.24, 2.45) is 61.0 Å². The molecule has 0 aromatic carbocycles. The number of hydrogen-bond donors (Lipinski definition) is 0. The first kappa shape index (κ1) is 82.9. The highest BCUT2D eigenvalue weighted by Gasteiger charge is 2.50. The van der Waals surface area contributed by atoms with Gasteiger partial charge in [-0.25, -0.2) is 69.0 Å². The van der Waals surface area contributed by atoms with E-state index in [1.54, 1.807) is 69.5 Å². The molecule has 0 saturated heterocycles. The van der Waals surface area contributed by atoms with Crippen LogP contribution >= 0.6 is 0 Å². The summed E-state index contributed by atoms with van der Waals surface area (Å²) in [5.41, 5.74) is -8.45. The molecule has 0 spiro atoms. The Kier molecular flexibility index (Phi) is 24.4. The zero-order chi connectivity index (χ0) is 77.6. The largest absolute Gasteiger partial charge is 0.417 e. The average molecular weight is 1560 g/mol. The first-order valence-electron chi connectivity index (χ1n) is 29.9. The fraction of sp³-hybridized carbons (Fsp3) is 0.685. The van der Waals surface area contributed by atoms with Crippen LogP contribution in [-0.4, -0.2) is 185 Å². The maximum Gasteiger partial charge on any atom is 0.388 e. The van der Waals surface area contributed by atoms with Gasteiger partial charge in [0.1, 0.15) is 45.4 Å². The van der Waals surface area contributed by atoms with Crippen LogP contribution in [0.4, 0.5) is 35.1 Å². The van der Waals surface area contributed by atoms with Crippen LogP contribution in [0.15, 0.2) is 25.8 Å². The van der Waals surface area contributed by atoms with Crippen LogP contribution in [0.1, 0.15) is 156 Å². The number of ether oxygens (including phenoxy) is 2. The number of oxime groups is 5. The average Bonchev–Trinajstić information content (AvgIpc) is 1.62. The van der Waals surface area contributed by atoms with Gasteiger partial charge in [0.25, 0.3) is 5.50 Å². The molecule has 5 aromatic heterocycles. The van der Waals surface area contributed by atoms with Gasteiger partial charge in [0.05, 0.1) is 45.3 Å². The van der Waals surface area contributed by atoms with Crippen molar-refractivity contribution in [2.45, 2.75) is 205 Å². The summed E-state index contributed by atoms with van der Waals surface area (Å²) in [4.78, 5) is 28.3. The Balaban J connectivity index is 0.000000201. The van der Waals surface area contributed by atoms with E-state index in [-0.39, 0.29) is 69.1 Å². The minimum absolute atomic E-state index is 0.0368. The fourth-order valence-corrected chi connectivity index (χ4v) is 17.0. The highest BCUT2D eigenvalue weighted by molar-refractivity contribution is 8.07. The highest BCUT2D eigenvalue weighted by atomic mass is 32.2. The molecular weight excluding hydrogens is 1490 g/mol. The van der Waals surface area contributed by atoms with E-state index >= 15 is 0 Å². The predicted molar refractivity (Wildman–Crippen MR) is 346 cm³/mol. The number of hydrogen-bond acceptors (Lipinski definition) is 30. The molecule has 102 heavy (non-hydrogen) atoms. The van der Waals surface area contributed by atoms with Gasteiger partial charge in [-0.15, -0.1) is 0 Å². The number of rotatable bonds is 14. The molecule has 0 aliphatic carbocycles. The van der Waals surface area contributed by atoms with Crippen molar-refractivity contribution in [3.63, 3.8) is 0 Å². The standard InChI is InChI=1S/2C12H16F3N3O4S.2C10H15FN4O3S.C10H16N4O3S/c1-6-8(10(18(4)16-6)21-11(14)15)9(13)23(19,20)7-5-12(2,3)22-17-7;1-6-7(10(18(4)16-6)21-11(14)15)5-23(19,20)9-8(13)12(2,3)22-17-9;1-6-8(13-15(4)12-6)9(11)19(16,17)7-5-10(2,3)18-14-7;1-6-7(13-15(4)12-6)5-19(16,17)9-8(11)10(2,3)18-14-9;1-7-8(12-14(4)11-7)6-18(15,16)9-5-10(2,3)17-13-9/h9,11H,5H2,1-4H3;8,11H,5H2,1-4H3;9H,5H2,1-4H3;8H,5H2,1-4H3;5-6H2,1-4H3. The minimum Gasteiger partial charge on any atom is -0.417 e. The van der Waals surface area contributed by atoms with Gasteiger partial charge in [-0.3, -0.25) is 0 Å². The second kappa shape index (κ2) is 30.0. The summed E-state index contributed by atoms with van der Waals surface area (Å²) >= 11 is 0. The molecule has 0 N–H and O–H groups in total. The predicted octanol–water partition coefficient (Wildman–Crippen LogP) is 6.00. The molecule has 4 atom stereocenters. The molecule has 0 radical (unpaired) electrons. The Bertz CT molecular complexity index is 4720. The Labute approximate surface area is 581 Å². The van der Waals surface area contributed by atoms with Crippen molar-refractivity contribution in [1.82, 2.24) is 64.5 Å². The van der Waals surface area contributed by atoms with Crippen molar-refractivity contribution >= 4 is 74.4 Å². The molecular formula is C54H78F8N18O17S5. The Hall–Kier alpha value is -8.02. The number of alkyl halides is 8. The van der Waals surface area contributed by atoms with Crippen molar-refractivity contribution in [2.75, 3.05) is 0 Å². The lowest BCUT2D eigenvalue weighted by Crippen LogP contribution is -2.37. The normalized spacial score (nSPS) is 20.0. The summed E-state index contributed by atoms with van der Waals surface area (Å²) in [5.74, 6) is -2.44. The number of aryl methyl sites for hydroxylation is 10. The van der Waals surface area contributed by atoms with Gasteiger partial charge in [0.2, 0.25) is 76.5 Å². The van der Waals surface area contributed by atoms with Crippen LogP contribution < -0.4 is 9.47 Å². The molecule has 0 saturated carbocycles. The SMILES string of the molecule is Cc1nn(C)c(OC(F)F)c1C(F)S(=O)(=O)C1=NOC(C)(C)C1.Cc1nn(C)c(OC(F)F)c1CS(=O)(=O)C1=NOC(C)(C)C1F.Cc1nn(C)nc1C(F)S(=O)(=O)C1=NOC(C)(C)C1.Cc1nn(C)nc1CS(=O)(=O)C1=NOC(C)(C)C1.Cc1nn(C)nc1CS(=O)(=O)C1=NOC(C)(C)C1F. The topological polar surface area (TPSA) is 425 Å². The van der Waals surface area contributed by atoms with Gasteiger partial charge in [-0.05, 0) is 104 Å². The third-order valence-corrected chi connectivity index (χ3v) is 22.8. The van der Waals surface area contributed by atoms with E-state index in [4.69, 9.17) is 24.2 Å². The summed E-state index contributed by atoms with van der Waals surface area (Å²) in [6.45, 7) is 16.9. The lowest BCUT2D eigenvalue weighted by atomic mass is 10.1. The number of aromatic nitrogens is 13. The molecule has 5 aliphatic rings. The smallest absolute Gasteiger partial charge is 0.388 e. The molecule has 4 unspecified atom stereocenters. The summed E-state index contributed by atoms with van der Waals surface area (Å²) in [6, 6.07) is 0. The maximum absolute atomic E-state index is 14.7. The van der Waals surface area contributed by atoms with Crippen LogP contribution in [0, 0.1) is 34.6 Å². The molecule has 0 bridgehead atoms. The molecule has 0 amide bonds. The van der Waals surface area contributed by atoms with Crippen LogP contribution in [0.3, 0.4) is 0 Å². The lowest BCUT2D eigenvalue weighted by Gasteiger charge is -2.17. The van der Waals surface area contributed by atoms with Gasteiger partial charge >= 0.3 is 13.2 Å². The molecule has 10 rings (SSSR count). The van der Waals surface area contributed by atoms with E-state index in [1.165, 1.54) is 79.2 Å². The monoisotopic (exact) mass is 1560 g/mol. The van der Waals surface area contributed by atoms with Crippen LogP contribution in [0.5, 0.6) is 11.8 Å². The quantitative estimate of drug-likeness (QED) is 0.115. The van der Waals surface area contributed by atoms with Gasteiger partial charge in [-0.2, -0.15) is 72.7 Å². The Morgan fingerprint density at radius 2 is 0.775 bits per heavy atom. The number of sulfone groups is 5. The number of nitrogens with zero attached hydrogens (tertiary/aromatic N) is 18. The van der Waals surface area contributed by atoms with Crippen molar-refractivity contribution in [1.29, 1.82) is 0 Å². The molecule has 0 fully saturated rings. The molecule has 572 valence electrons. The van der Waals surface area contributed by atoms with E-state index in [2.05, 4.69) is 76.0 Å². The fourth-order valence-electron chi connectivity index (χ4n) is 9.44. The zero-order valence-corrected chi connectivity index (χ0v) is 62.8. The second-order valence-corrected chi connectivity index (χ2v) is 36.1. The third kappa shape index (κ3) is 19.4. The van der Waals surface area contributed by atoms with Gasteiger partial charge in [0.15, 0.2) is 38.7 Å². The van der Waals surface area contributed by atoms with Crippen molar-refractivity contribution in [3.8, 4) is 11.8 Å². The van der Waals surface area contributed by atoms with E-state index in [1.807, 2.05) is 0 Å². The van der Waals surface area contributed by atoms with Gasteiger partial charge in [0, 0.05) is 54.5 Å². The third-order valence-electron chi connectivity index (χ3n) is 14.7. The number of halogens is 8. The summed E-state index contributed by atoms with van der Waals surface area (Å²) in [6.07, 6.45) is -3.54. The van der Waals surface area contributed by atoms with Crippen LogP contribution in [-0.2, 0) is 126 Å². The first-order valence-corrected chi connectivity index (χ1v) is 38.0. The minimum atomic E-state index is -4.55. The van der Waals surface area contributed by atoms with Gasteiger partial charge < -0.3 is 33.7 Å². The Morgan fingerprint density at radius 1 is 0.422 bits per heavy atom. The van der Waals surface area contributed by atoms with E-state index in [9.17, 15) is 77.2 Å². The van der Waals surface area contributed by atoms with Crippen molar-refractivity contribution < 1.29 is 111 Å².